The first kappa shape index (κ1) is 19.0. The van der Waals surface area contributed by atoms with Crippen LogP contribution in [0.2, 0.25) is 0 Å². The Kier molecular flexibility index (Phi) is 5.09. The number of hydrogen-bond acceptors (Lipinski definition) is 5. The van der Waals surface area contributed by atoms with Gasteiger partial charge in [-0.1, -0.05) is 6.42 Å². The molecule has 1 saturated heterocycles. The molecule has 0 radical (unpaired) electrons. The third-order valence-electron chi connectivity index (χ3n) is 2.75. The molecule has 1 aliphatic rings. The van der Waals surface area contributed by atoms with Crippen LogP contribution >= 0.6 is 0 Å². The van der Waals surface area contributed by atoms with Crippen LogP contribution in [-0.2, 0) is 24.8 Å². The van der Waals surface area contributed by atoms with Gasteiger partial charge in [0.25, 0.3) is 10.0 Å². The highest BCUT2D eigenvalue weighted by molar-refractivity contribution is 8.08. The van der Waals surface area contributed by atoms with E-state index in [0.717, 1.165) is 0 Å². The first-order valence-corrected chi connectivity index (χ1v) is 8.67. The molecule has 1 fully saturated rings. The lowest BCUT2D eigenvalue weighted by Gasteiger charge is -2.29. The molecular weight excluding hydrogens is 363 g/mol. The fraction of sp³-hybridized carbons (Fsp3) is 0.875. The molecule has 22 heavy (non-hydrogen) atoms. The van der Waals surface area contributed by atoms with E-state index in [1.165, 1.54) is 0 Å². The number of hydrogen-bond donors (Lipinski definition) is 1. The average molecular weight is 374 g/mol. The van der Waals surface area contributed by atoms with Crippen LogP contribution in [0.1, 0.15) is 19.3 Å². The molecule has 14 heteroatoms. The lowest BCUT2D eigenvalue weighted by Crippen LogP contribution is -2.55. The molecule has 1 heterocycles. The summed E-state index contributed by atoms with van der Waals surface area (Å²) in [5.41, 5.74) is 0. The summed E-state index contributed by atoms with van der Waals surface area (Å²) in [6.45, 7) is -0.776. The van der Waals surface area contributed by atoms with E-state index in [1.54, 1.807) is 0 Å². The number of rotatable bonds is 4. The van der Waals surface area contributed by atoms with Gasteiger partial charge in [0.2, 0.25) is 0 Å². The SMILES string of the molecule is O=C(NS(=O)(=O)C(F)(F)S(=O)(=O)N1CCCCC1)C(F)(F)F. The first-order valence-electron chi connectivity index (χ1n) is 5.74. The molecule has 0 saturated carbocycles. The predicted octanol–water partition coefficient (Wildman–Crippen LogP) is 0.361. The van der Waals surface area contributed by atoms with E-state index in [0.29, 0.717) is 6.42 Å². The molecule has 7 nitrogen and oxygen atoms in total. The fourth-order valence-electron chi connectivity index (χ4n) is 1.63. The molecule has 0 aromatic heterocycles. The van der Waals surface area contributed by atoms with Gasteiger partial charge in [-0.05, 0) is 12.8 Å². The number of nitrogens with zero attached hydrogens (tertiary/aromatic N) is 1. The van der Waals surface area contributed by atoms with Crippen LogP contribution in [-0.4, -0.2) is 50.9 Å². The van der Waals surface area contributed by atoms with Gasteiger partial charge in [-0.2, -0.15) is 34.7 Å². The molecule has 1 amide bonds. The van der Waals surface area contributed by atoms with Crippen molar-refractivity contribution in [3.8, 4) is 0 Å². The summed E-state index contributed by atoms with van der Waals surface area (Å²) in [5, 5.41) is 0. The molecule has 130 valence electrons. The Balaban J connectivity index is 3.12. The number of carbonyl (C=O) groups is 1. The van der Waals surface area contributed by atoms with Gasteiger partial charge in [-0.15, -0.1) is 0 Å². The number of amides is 1. The zero-order chi connectivity index (χ0) is 17.4. The van der Waals surface area contributed by atoms with Crippen molar-refractivity contribution in [3.05, 3.63) is 0 Å². The summed E-state index contributed by atoms with van der Waals surface area (Å²) in [4.78, 5) is 10.5. The van der Waals surface area contributed by atoms with Gasteiger partial charge in [0.05, 0.1) is 0 Å². The van der Waals surface area contributed by atoms with Crippen LogP contribution in [0.5, 0.6) is 0 Å². The van der Waals surface area contributed by atoms with Gasteiger partial charge in [-0.3, -0.25) is 4.79 Å². The van der Waals surface area contributed by atoms with Gasteiger partial charge < -0.3 is 0 Å². The Hall–Kier alpha value is -1.02. The minimum absolute atomic E-state index is 0.0341. The van der Waals surface area contributed by atoms with Crippen LogP contribution in [0.4, 0.5) is 22.0 Å². The van der Waals surface area contributed by atoms with Crippen LogP contribution < -0.4 is 4.72 Å². The van der Waals surface area contributed by atoms with Crippen LogP contribution in [0.15, 0.2) is 0 Å². The average Bonchev–Trinajstić information content (AvgIpc) is 2.37. The third-order valence-corrected chi connectivity index (χ3v) is 6.77. The van der Waals surface area contributed by atoms with E-state index in [-0.39, 0.29) is 35.0 Å². The van der Waals surface area contributed by atoms with Crippen molar-refractivity contribution in [2.24, 2.45) is 0 Å². The number of nitrogens with one attached hydrogen (secondary N) is 1. The molecule has 0 aliphatic carbocycles. The van der Waals surface area contributed by atoms with E-state index in [9.17, 15) is 43.6 Å². The molecule has 1 aliphatic heterocycles. The maximum atomic E-state index is 13.7. The molecule has 1 N–H and O–H groups in total. The maximum absolute atomic E-state index is 13.7. The lowest BCUT2D eigenvalue weighted by atomic mass is 10.2. The Labute approximate surface area is 122 Å². The van der Waals surface area contributed by atoms with Gasteiger partial charge in [0.15, 0.2) is 0 Å². The maximum Gasteiger partial charge on any atom is 0.478 e. The monoisotopic (exact) mass is 374 g/mol. The van der Waals surface area contributed by atoms with Crippen molar-refractivity contribution in [2.45, 2.75) is 30.0 Å². The van der Waals surface area contributed by atoms with E-state index >= 15 is 0 Å². The Morgan fingerprint density at radius 3 is 1.77 bits per heavy atom. The number of piperidine rings is 1. The second kappa shape index (κ2) is 5.88. The lowest BCUT2D eigenvalue weighted by molar-refractivity contribution is -0.171. The van der Waals surface area contributed by atoms with E-state index in [1.807, 2.05) is 0 Å². The molecule has 0 aromatic carbocycles. The van der Waals surface area contributed by atoms with Crippen molar-refractivity contribution in [3.63, 3.8) is 0 Å². The summed E-state index contributed by atoms with van der Waals surface area (Å²) in [6, 6.07) is 0. The van der Waals surface area contributed by atoms with Gasteiger partial charge in [-0.25, -0.2) is 13.1 Å². The van der Waals surface area contributed by atoms with Crippen molar-refractivity contribution in [1.29, 1.82) is 0 Å². The van der Waals surface area contributed by atoms with Crippen molar-refractivity contribution >= 4 is 26.0 Å². The van der Waals surface area contributed by atoms with Crippen molar-refractivity contribution in [1.82, 2.24) is 9.03 Å². The van der Waals surface area contributed by atoms with Gasteiger partial charge in [0, 0.05) is 13.1 Å². The molecule has 0 aromatic rings. The minimum atomic E-state index is -6.43. The topological polar surface area (TPSA) is 101 Å². The Morgan fingerprint density at radius 1 is 0.909 bits per heavy atom. The molecular formula is C8H11F5N2O5S2. The van der Waals surface area contributed by atoms with Gasteiger partial charge >= 0.3 is 26.7 Å². The fourth-order valence-corrected chi connectivity index (χ4v) is 4.70. The van der Waals surface area contributed by atoms with Crippen LogP contribution in [0.25, 0.3) is 0 Å². The summed E-state index contributed by atoms with van der Waals surface area (Å²) in [6.07, 6.45) is -4.83. The number of halogens is 5. The van der Waals surface area contributed by atoms with E-state index < -0.39 is 36.7 Å². The Bertz CT molecular complexity index is 636. The molecule has 0 unspecified atom stereocenters. The van der Waals surface area contributed by atoms with E-state index in [4.69, 9.17) is 0 Å². The number of sulfonamides is 2. The standard InChI is InChI=1S/C8H11F5N2O5S2/c9-7(10,11)6(16)14-21(17,18)8(12,13)22(19,20)15-4-2-1-3-5-15/h1-5H2,(H,14,16). The highest BCUT2D eigenvalue weighted by Crippen LogP contribution is 2.33. The second-order valence-corrected chi connectivity index (χ2v) is 8.32. The highest BCUT2D eigenvalue weighted by Gasteiger charge is 2.62. The minimum Gasteiger partial charge on any atom is -0.263 e. The molecule has 0 bridgehead atoms. The molecule has 1 rings (SSSR count). The number of carbonyl (C=O) groups excluding carboxylic acids is 1. The zero-order valence-corrected chi connectivity index (χ0v) is 12.4. The normalized spacial score (nSPS) is 19.0. The molecule has 0 spiro atoms. The summed E-state index contributed by atoms with van der Waals surface area (Å²) >= 11 is 0. The smallest absolute Gasteiger partial charge is 0.263 e. The van der Waals surface area contributed by atoms with Gasteiger partial charge in [0.1, 0.15) is 0 Å². The van der Waals surface area contributed by atoms with Crippen molar-refractivity contribution in [2.75, 3.05) is 13.1 Å². The predicted molar refractivity (Wildman–Crippen MR) is 62.4 cm³/mol. The summed E-state index contributed by atoms with van der Waals surface area (Å²) in [7, 11) is -12.2. The third kappa shape index (κ3) is 3.48. The van der Waals surface area contributed by atoms with Crippen LogP contribution in [0.3, 0.4) is 0 Å². The zero-order valence-electron chi connectivity index (χ0n) is 10.7. The second-order valence-electron chi connectivity index (χ2n) is 4.36. The summed E-state index contributed by atoms with van der Waals surface area (Å²) < 4.78 is 104. The largest absolute Gasteiger partial charge is 0.478 e. The van der Waals surface area contributed by atoms with E-state index in [2.05, 4.69) is 0 Å². The highest BCUT2D eigenvalue weighted by atomic mass is 32.3. The number of alkyl halides is 5. The quantitative estimate of drug-likeness (QED) is 0.716. The molecule has 0 atom stereocenters. The van der Waals surface area contributed by atoms with Crippen molar-refractivity contribution < 1.29 is 43.6 Å². The summed E-state index contributed by atoms with van der Waals surface area (Å²) in [5.74, 6) is -3.21. The van der Waals surface area contributed by atoms with Crippen LogP contribution in [0, 0.1) is 0 Å². The Morgan fingerprint density at radius 2 is 1.36 bits per heavy atom. The first-order chi connectivity index (χ1) is 9.73.